The van der Waals surface area contributed by atoms with Gasteiger partial charge in [0, 0.05) is 13.1 Å². The van der Waals surface area contributed by atoms with Crippen molar-refractivity contribution >= 4 is 39.2 Å². The van der Waals surface area contributed by atoms with E-state index in [0.29, 0.717) is 0 Å². The molecule has 0 fully saturated rings. The van der Waals surface area contributed by atoms with Gasteiger partial charge in [-0.05, 0) is 96.0 Å². The van der Waals surface area contributed by atoms with E-state index in [4.69, 9.17) is 8.23 Å². The van der Waals surface area contributed by atoms with E-state index in [1.54, 1.807) is 0 Å². The molecular weight excluding hydrogens is 439 g/mol. The van der Waals surface area contributed by atoms with Gasteiger partial charge in [-0.15, -0.1) is 0 Å². The number of carbonyl (C=O) groups excluding carboxylic acids is 1. The van der Waals surface area contributed by atoms with Gasteiger partial charge in [0.25, 0.3) is 0 Å². The van der Waals surface area contributed by atoms with Crippen LogP contribution in [0.2, 0.25) is 77.1 Å². The molecule has 4 nitrogen and oxygen atoms in total. The Kier molecular flexibility index (Phi) is 12.9. The fourth-order valence-electron chi connectivity index (χ4n) is 4.18. The van der Waals surface area contributed by atoms with Gasteiger partial charge in [-0.1, -0.05) is 26.3 Å². The minimum Gasteiger partial charge on any atom is -0.456 e. The zero-order valence-electron chi connectivity index (χ0n) is 21.8. The minimum absolute atomic E-state index is 0.0543. The normalized spacial score (nSPS) is 13.4. The van der Waals surface area contributed by atoms with Crippen molar-refractivity contribution in [3.05, 3.63) is 12.7 Å². The quantitative estimate of drug-likeness (QED) is 0.172. The maximum Gasteiger partial charge on any atom is 0.245 e. The molecular formula is C22H51NO3Si4. The third kappa shape index (κ3) is 14.9. The second-order valence-electron chi connectivity index (χ2n) is 11.4. The van der Waals surface area contributed by atoms with Crippen LogP contribution in [0.5, 0.6) is 0 Å². The lowest BCUT2D eigenvalue weighted by Gasteiger charge is -2.35. The smallest absolute Gasteiger partial charge is 0.245 e. The average molecular weight is 490 g/mol. The van der Waals surface area contributed by atoms with Crippen LogP contribution in [0, 0.1) is 0 Å². The van der Waals surface area contributed by atoms with Crippen LogP contribution in [0.15, 0.2) is 12.7 Å². The van der Waals surface area contributed by atoms with E-state index < -0.39 is 33.3 Å². The highest BCUT2D eigenvalue weighted by Crippen LogP contribution is 2.25. The minimum atomic E-state index is -1.70. The molecule has 0 radical (unpaired) electrons. The van der Waals surface area contributed by atoms with E-state index in [1.165, 1.54) is 25.0 Å². The van der Waals surface area contributed by atoms with Gasteiger partial charge >= 0.3 is 0 Å². The first kappa shape index (κ1) is 30.0. The molecule has 0 heterocycles. The molecule has 0 atom stereocenters. The Morgan fingerprint density at radius 2 is 1.17 bits per heavy atom. The third-order valence-electron chi connectivity index (χ3n) is 5.17. The first-order chi connectivity index (χ1) is 13.5. The fourth-order valence-corrected chi connectivity index (χ4v) is 21.2. The van der Waals surface area contributed by atoms with Crippen molar-refractivity contribution < 1.29 is 13.0 Å². The Morgan fingerprint density at radius 1 is 0.767 bits per heavy atom. The van der Waals surface area contributed by atoms with Gasteiger partial charge in [0.05, 0.1) is 0 Å². The second-order valence-corrected chi connectivity index (χ2v) is 29.4. The second kappa shape index (κ2) is 12.9. The van der Waals surface area contributed by atoms with Crippen molar-refractivity contribution in [2.24, 2.45) is 0 Å². The molecule has 0 aromatic carbocycles. The topological polar surface area (TPSA) is 38.8 Å². The number of nitrogens with zero attached hydrogens (tertiary/aromatic N) is 1. The molecule has 0 N–H and O–H groups in total. The zero-order chi connectivity index (χ0) is 23.6. The van der Waals surface area contributed by atoms with E-state index in [2.05, 4.69) is 72.4 Å². The largest absolute Gasteiger partial charge is 0.456 e. The van der Waals surface area contributed by atoms with Crippen LogP contribution < -0.4 is 0 Å². The Hall–Kier alpha value is -0.00247. The first-order valence-electron chi connectivity index (χ1n) is 11.8. The van der Waals surface area contributed by atoms with Crippen molar-refractivity contribution in [1.82, 2.24) is 4.90 Å². The van der Waals surface area contributed by atoms with Gasteiger partial charge in [-0.25, -0.2) is 0 Å². The molecule has 0 saturated heterocycles. The Bertz CT molecular complexity index is 531. The lowest BCUT2D eigenvalue weighted by atomic mass is 10.3. The summed E-state index contributed by atoms with van der Waals surface area (Å²) in [5.74, 6) is 0.0543. The summed E-state index contributed by atoms with van der Waals surface area (Å²) in [7, 11) is -6.44. The molecule has 8 heteroatoms. The molecule has 0 aromatic heterocycles. The average Bonchev–Trinajstić information content (AvgIpc) is 2.54. The van der Waals surface area contributed by atoms with E-state index in [9.17, 15) is 4.79 Å². The third-order valence-corrected chi connectivity index (χ3v) is 18.9. The molecule has 0 spiro atoms. The number of hydrogen-bond donors (Lipinski definition) is 0. The van der Waals surface area contributed by atoms with Crippen LogP contribution >= 0.6 is 0 Å². The molecule has 0 aliphatic rings. The lowest BCUT2D eigenvalue weighted by Crippen LogP contribution is -2.44. The lowest BCUT2D eigenvalue weighted by molar-refractivity contribution is -0.126. The summed E-state index contributed by atoms with van der Waals surface area (Å²) in [6, 6.07) is 3.45. The molecule has 0 bridgehead atoms. The van der Waals surface area contributed by atoms with E-state index >= 15 is 0 Å². The summed E-state index contributed by atoms with van der Waals surface area (Å²) >= 11 is 0. The number of hydrogen-bond acceptors (Lipinski definition) is 3. The summed E-state index contributed by atoms with van der Waals surface area (Å²) < 4.78 is 13.2. The predicted octanol–water partition coefficient (Wildman–Crippen LogP) is 7.06. The number of carbonyl (C=O) groups is 1. The highest BCUT2D eigenvalue weighted by Gasteiger charge is 2.32. The monoisotopic (exact) mass is 489 g/mol. The van der Waals surface area contributed by atoms with E-state index in [-0.39, 0.29) is 5.91 Å². The molecule has 178 valence electrons. The molecule has 0 aromatic rings. The molecule has 0 unspecified atom stereocenters. The molecule has 30 heavy (non-hydrogen) atoms. The van der Waals surface area contributed by atoms with Crippen LogP contribution in [0.3, 0.4) is 0 Å². The maximum absolute atomic E-state index is 12.4. The van der Waals surface area contributed by atoms with Crippen molar-refractivity contribution in [3.63, 3.8) is 0 Å². The standard InChI is InChI=1S/C22H51NO3Si4/c1-12-14-19-29(8,9)26-30(10,11)21-16-18-23(22(24)13-2)17-15-20-28(6,7)25-27(3,4)5/h13H,2,12,14-21H2,1,3-11H3. The first-order valence-corrected chi connectivity index (χ1v) is 24.6. The van der Waals surface area contributed by atoms with Crippen molar-refractivity contribution in [1.29, 1.82) is 0 Å². The van der Waals surface area contributed by atoms with Gasteiger partial charge in [-0.3, -0.25) is 4.79 Å². The number of rotatable bonds is 16. The van der Waals surface area contributed by atoms with Gasteiger partial charge in [-0.2, -0.15) is 0 Å². The van der Waals surface area contributed by atoms with Crippen molar-refractivity contribution in [3.8, 4) is 0 Å². The van der Waals surface area contributed by atoms with Crippen molar-refractivity contribution in [2.75, 3.05) is 13.1 Å². The van der Waals surface area contributed by atoms with E-state index in [0.717, 1.165) is 38.0 Å². The van der Waals surface area contributed by atoms with Crippen LogP contribution in [0.25, 0.3) is 0 Å². The molecule has 0 saturated carbocycles. The fraction of sp³-hybridized carbons (Fsp3) is 0.864. The molecule has 1 amide bonds. The summed E-state index contributed by atoms with van der Waals surface area (Å²) in [6.45, 7) is 28.4. The van der Waals surface area contributed by atoms with Gasteiger partial charge in [0.15, 0.2) is 33.3 Å². The Labute approximate surface area is 192 Å². The van der Waals surface area contributed by atoms with Crippen LogP contribution in [-0.2, 0) is 13.0 Å². The highest BCUT2D eigenvalue weighted by molar-refractivity contribution is 6.85. The van der Waals surface area contributed by atoms with Crippen LogP contribution in [0.4, 0.5) is 0 Å². The summed E-state index contributed by atoms with van der Waals surface area (Å²) in [6.07, 6.45) is 6.00. The molecule has 0 rings (SSSR count). The van der Waals surface area contributed by atoms with Gasteiger partial charge < -0.3 is 13.1 Å². The molecule has 0 aliphatic carbocycles. The number of amides is 1. The van der Waals surface area contributed by atoms with Gasteiger partial charge in [0.2, 0.25) is 5.91 Å². The Morgan fingerprint density at radius 3 is 1.53 bits per heavy atom. The zero-order valence-corrected chi connectivity index (χ0v) is 25.8. The summed E-state index contributed by atoms with van der Waals surface area (Å²) in [5.41, 5.74) is 0. The SMILES string of the molecule is C=CC(=O)N(CCC[Si](C)(C)O[Si](C)(C)C)CCC[Si](C)(C)O[Si](C)(C)CCCC. The van der Waals surface area contributed by atoms with E-state index in [1.807, 2.05) is 4.90 Å². The number of unbranched alkanes of at least 4 members (excludes halogenated alkanes) is 1. The highest BCUT2D eigenvalue weighted by atomic mass is 28.4. The van der Waals surface area contributed by atoms with Crippen molar-refractivity contribution in [2.45, 2.75) is 110 Å². The summed E-state index contributed by atoms with van der Waals surface area (Å²) in [5, 5.41) is 0. The predicted molar refractivity (Wildman–Crippen MR) is 143 cm³/mol. The maximum atomic E-state index is 12.4. The van der Waals surface area contributed by atoms with Crippen LogP contribution in [-0.4, -0.2) is 57.2 Å². The van der Waals surface area contributed by atoms with Crippen LogP contribution in [0.1, 0.15) is 32.6 Å². The Balaban J connectivity index is 4.64. The summed E-state index contributed by atoms with van der Waals surface area (Å²) in [4.78, 5) is 14.4. The van der Waals surface area contributed by atoms with Gasteiger partial charge in [0.1, 0.15) is 0 Å². The molecule has 0 aliphatic heterocycles.